The lowest BCUT2D eigenvalue weighted by atomic mass is 10.0. The summed E-state index contributed by atoms with van der Waals surface area (Å²) in [7, 11) is 0. The van der Waals surface area contributed by atoms with E-state index in [1.807, 2.05) is 0 Å². The number of unbranched alkanes of at least 4 members (excludes halogenated alkanes) is 1. The zero-order chi connectivity index (χ0) is 15.2. The van der Waals surface area contributed by atoms with E-state index in [2.05, 4.69) is 58.0 Å². The molecule has 20 heavy (non-hydrogen) atoms. The summed E-state index contributed by atoms with van der Waals surface area (Å²) in [5, 5.41) is 3.51. The summed E-state index contributed by atoms with van der Waals surface area (Å²) in [5.74, 6) is 3.64. The third-order valence-corrected chi connectivity index (χ3v) is 3.05. The van der Waals surface area contributed by atoms with E-state index in [9.17, 15) is 0 Å². The fourth-order valence-electron chi connectivity index (χ4n) is 2.09. The van der Waals surface area contributed by atoms with E-state index in [0.717, 1.165) is 25.1 Å². The first kappa shape index (κ1) is 16.6. The Morgan fingerprint density at radius 1 is 1.20 bits per heavy atom. The molecule has 0 aromatic heterocycles. The Balaban J connectivity index is 2.69. The molecule has 0 unspecified atom stereocenters. The Hall–Kier alpha value is -1.46. The van der Waals surface area contributed by atoms with Gasteiger partial charge in [-0.05, 0) is 57.7 Å². The van der Waals surface area contributed by atoms with Gasteiger partial charge in [-0.25, -0.2) is 0 Å². The highest BCUT2D eigenvalue weighted by Gasteiger charge is 2.10. The Bertz CT molecular complexity index is 454. The predicted molar refractivity (Wildman–Crippen MR) is 86.1 cm³/mol. The molecule has 110 valence electrons. The summed E-state index contributed by atoms with van der Waals surface area (Å²) in [6.45, 7) is 12.3. The number of hydrogen-bond acceptors (Lipinski definition) is 2. The van der Waals surface area contributed by atoms with Gasteiger partial charge in [0.25, 0.3) is 0 Å². The van der Waals surface area contributed by atoms with Gasteiger partial charge >= 0.3 is 0 Å². The van der Waals surface area contributed by atoms with Crippen LogP contribution in [0.3, 0.4) is 0 Å². The van der Waals surface area contributed by atoms with Crippen molar-refractivity contribution in [2.45, 2.75) is 59.5 Å². The maximum Gasteiger partial charge on any atom is 0.125 e. The quantitative estimate of drug-likeness (QED) is 0.625. The third kappa shape index (κ3) is 5.67. The molecule has 1 aromatic rings. The first-order chi connectivity index (χ1) is 9.33. The van der Waals surface area contributed by atoms with Crippen molar-refractivity contribution in [2.24, 2.45) is 0 Å². The highest BCUT2D eigenvalue weighted by molar-refractivity contribution is 5.43. The molecular formula is C18H27NO. The smallest absolute Gasteiger partial charge is 0.125 e. The molecule has 0 aliphatic carbocycles. The maximum atomic E-state index is 5.85. The number of hydrogen-bond donors (Lipinski definition) is 1. The number of nitrogens with one attached hydrogen (secondary N) is 1. The van der Waals surface area contributed by atoms with Crippen molar-refractivity contribution in [2.75, 3.05) is 6.61 Å². The van der Waals surface area contributed by atoms with E-state index in [1.54, 1.807) is 0 Å². The number of rotatable bonds is 6. The van der Waals surface area contributed by atoms with Crippen molar-refractivity contribution in [3.63, 3.8) is 0 Å². The van der Waals surface area contributed by atoms with Crippen LogP contribution in [-0.2, 0) is 6.54 Å². The molecule has 0 saturated heterocycles. The Morgan fingerprint density at radius 2 is 1.80 bits per heavy atom. The number of ether oxygens (including phenoxy) is 1. The molecule has 2 heteroatoms. The lowest BCUT2D eigenvalue weighted by Gasteiger charge is -2.21. The van der Waals surface area contributed by atoms with Crippen LogP contribution in [0.2, 0.25) is 0 Å². The van der Waals surface area contributed by atoms with Crippen LogP contribution in [0.25, 0.3) is 0 Å². The molecule has 0 aliphatic rings. The highest BCUT2D eigenvalue weighted by atomic mass is 16.5. The second kappa shape index (κ2) is 7.36. The largest absolute Gasteiger partial charge is 0.493 e. The van der Waals surface area contributed by atoms with Gasteiger partial charge in [-0.1, -0.05) is 12.1 Å². The van der Waals surface area contributed by atoms with Gasteiger partial charge < -0.3 is 10.1 Å². The van der Waals surface area contributed by atoms with Crippen LogP contribution in [0.5, 0.6) is 5.75 Å². The van der Waals surface area contributed by atoms with E-state index in [4.69, 9.17) is 11.2 Å². The number of terminal acetylenes is 1. The summed E-state index contributed by atoms with van der Waals surface area (Å²) in [4.78, 5) is 0. The minimum absolute atomic E-state index is 0.131. The molecule has 0 spiro atoms. The van der Waals surface area contributed by atoms with Crippen LogP contribution in [0.4, 0.5) is 0 Å². The van der Waals surface area contributed by atoms with Gasteiger partial charge in [-0.15, -0.1) is 12.3 Å². The molecule has 1 N–H and O–H groups in total. The van der Waals surface area contributed by atoms with E-state index < -0.39 is 0 Å². The van der Waals surface area contributed by atoms with E-state index in [1.165, 1.54) is 16.7 Å². The van der Waals surface area contributed by atoms with Crippen LogP contribution in [0.15, 0.2) is 12.1 Å². The first-order valence-corrected chi connectivity index (χ1v) is 7.25. The van der Waals surface area contributed by atoms with Crippen molar-refractivity contribution in [3.8, 4) is 18.1 Å². The van der Waals surface area contributed by atoms with Crippen LogP contribution < -0.4 is 10.1 Å². The van der Waals surface area contributed by atoms with Crippen molar-refractivity contribution in [1.29, 1.82) is 0 Å². The fraction of sp³-hybridized carbons (Fsp3) is 0.556. The van der Waals surface area contributed by atoms with Gasteiger partial charge in [-0.3, -0.25) is 0 Å². The standard InChI is InChI=1S/C18H27NO/c1-7-8-9-10-20-17-14(2)11-16(12-15(17)3)13-19-18(4,5)6/h1,11-12,19H,8-10,13H2,2-6H3. The minimum Gasteiger partial charge on any atom is -0.493 e. The third-order valence-electron chi connectivity index (χ3n) is 3.05. The van der Waals surface area contributed by atoms with E-state index >= 15 is 0 Å². The van der Waals surface area contributed by atoms with Gasteiger partial charge in [0, 0.05) is 18.5 Å². The predicted octanol–water partition coefficient (Wildman–Crippen LogP) is 3.98. The van der Waals surface area contributed by atoms with E-state index in [-0.39, 0.29) is 5.54 Å². The van der Waals surface area contributed by atoms with Gasteiger partial charge in [-0.2, -0.15) is 0 Å². The maximum absolute atomic E-state index is 5.85. The zero-order valence-corrected chi connectivity index (χ0v) is 13.5. The van der Waals surface area contributed by atoms with Gasteiger partial charge in [0.15, 0.2) is 0 Å². The fourth-order valence-corrected chi connectivity index (χ4v) is 2.09. The summed E-state index contributed by atoms with van der Waals surface area (Å²) in [5.41, 5.74) is 3.81. The van der Waals surface area contributed by atoms with Gasteiger partial charge in [0.05, 0.1) is 6.61 Å². The molecule has 0 radical (unpaired) electrons. The van der Waals surface area contributed by atoms with E-state index in [0.29, 0.717) is 6.61 Å². The van der Waals surface area contributed by atoms with Crippen molar-refractivity contribution >= 4 is 0 Å². The molecule has 1 rings (SSSR count). The second-order valence-electron chi connectivity index (χ2n) is 6.32. The molecule has 0 saturated carbocycles. The monoisotopic (exact) mass is 273 g/mol. The Labute approximate surface area is 123 Å². The summed E-state index contributed by atoms with van der Waals surface area (Å²) in [6.07, 6.45) is 6.92. The lowest BCUT2D eigenvalue weighted by Crippen LogP contribution is -2.35. The van der Waals surface area contributed by atoms with Gasteiger partial charge in [0.2, 0.25) is 0 Å². The van der Waals surface area contributed by atoms with Crippen molar-refractivity contribution < 1.29 is 4.74 Å². The topological polar surface area (TPSA) is 21.3 Å². The molecule has 0 aliphatic heterocycles. The zero-order valence-electron chi connectivity index (χ0n) is 13.5. The number of aryl methyl sites for hydroxylation is 2. The summed E-state index contributed by atoms with van der Waals surface area (Å²) < 4.78 is 5.85. The molecule has 2 nitrogen and oxygen atoms in total. The SMILES string of the molecule is C#CCCCOc1c(C)cc(CNC(C)(C)C)cc1C. The van der Waals surface area contributed by atoms with Crippen molar-refractivity contribution in [3.05, 3.63) is 28.8 Å². The average molecular weight is 273 g/mol. The molecular weight excluding hydrogens is 246 g/mol. The van der Waals surface area contributed by atoms with Crippen LogP contribution in [0.1, 0.15) is 50.3 Å². The second-order valence-corrected chi connectivity index (χ2v) is 6.32. The highest BCUT2D eigenvalue weighted by Crippen LogP contribution is 2.25. The first-order valence-electron chi connectivity index (χ1n) is 7.25. The summed E-state index contributed by atoms with van der Waals surface area (Å²) in [6, 6.07) is 4.39. The van der Waals surface area contributed by atoms with Crippen molar-refractivity contribution in [1.82, 2.24) is 5.32 Å². The normalized spacial score (nSPS) is 11.2. The van der Waals surface area contributed by atoms with Crippen LogP contribution in [-0.4, -0.2) is 12.1 Å². The number of benzene rings is 1. The molecule has 1 aromatic carbocycles. The van der Waals surface area contributed by atoms with Crippen LogP contribution in [0, 0.1) is 26.2 Å². The molecule has 0 atom stereocenters. The molecule has 0 heterocycles. The lowest BCUT2D eigenvalue weighted by molar-refractivity contribution is 0.308. The molecule has 0 fully saturated rings. The molecule has 0 bridgehead atoms. The Kier molecular flexibility index (Phi) is 6.10. The Morgan fingerprint density at radius 3 is 2.30 bits per heavy atom. The van der Waals surface area contributed by atoms with Crippen LogP contribution >= 0.6 is 0 Å². The average Bonchev–Trinajstić information content (AvgIpc) is 2.34. The minimum atomic E-state index is 0.131. The summed E-state index contributed by atoms with van der Waals surface area (Å²) >= 11 is 0. The van der Waals surface area contributed by atoms with Gasteiger partial charge in [0.1, 0.15) is 5.75 Å². The molecule has 0 amide bonds.